The molecule has 0 amide bonds. The zero-order valence-electron chi connectivity index (χ0n) is 17.8. The number of thiol groups is 1. The summed E-state index contributed by atoms with van der Waals surface area (Å²) in [7, 11) is 0. The number of carbonyl (C=O) groups excluding carboxylic acids is 1. The Morgan fingerprint density at radius 1 is 0.704 bits per heavy atom. The number of hydrogen-bond acceptors (Lipinski definition) is 4. The lowest BCUT2D eigenvalue weighted by Crippen LogP contribution is -2.31. The Bertz CT molecular complexity index is 323. The fraction of sp³-hybridized carbons (Fsp3) is 0.957. The number of hydrogen-bond donors (Lipinski definition) is 3. The average Bonchev–Trinajstić information content (AvgIpc) is 2.68. The largest absolute Gasteiger partial charge is 0.394 e. The van der Waals surface area contributed by atoms with Gasteiger partial charge in [-0.3, -0.25) is 4.79 Å². The van der Waals surface area contributed by atoms with Crippen LogP contribution in [0.3, 0.4) is 0 Å². The standard InChI is InChI=1S/C23H46O3S/c1-2-3-4-5-6-7-8-9-10-11-12-13-14-15-16-17-18-19-21(25)23(27)22(26)20-24/h22-24,26-27H,2-20H2,1H3. The van der Waals surface area contributed by atoms with E-state index in [9.17, 15) is 9.90 Å². The van der Waals surface area contributed by atoms with Crippen molar-refractivity contribution in [2.75, 3.05) is 6.61 Å². The van der Waals surface area contributed by atoms with Gasteiger partial charge < -0.3 is 10.2 Å². The number of aliphatic hydroxyl groups is 2. The molecule has 162 valence electrons. The van der Waals surface area contributed by atoms with E-state index in [2.05, 4.69) is 19.6 Å². The summed E-state index contributed by atoms with van der Waals surface area (Å²) < 4.78 is 0. The molecule has 2 atom stereocenters. The van der Waals surface area contributed by atoms with E-state index in [0.29, 0.717) is 6.42 Å². The summed E-state index contributed by atoms with van der Waals surface area (Å²) in [4.78, 5) is 11.8. The number of carbonyl (C=O) groups is 1. The first-order valence-electron chi connectivity index (χ1n) is 11.6. The molecule has 3 nitrogen and oxygen atoms in total. The third kappa shape index (κ3) is 17.8. The van der Waals surface area contributed by atoms with Gasteiger partial charge in [0.25, 0.3) is 0 Å². The van der Waals surface area contributed by atoms with Crippen molar-refractivity contribution in [3.05, 3.63) is 0 Å². The van der Waals surface area contributed by atoms with Gasteiger partial charge in [-0.2, -0.15) is 12.6 Å². The maximum Gasteiger partial charge on any atom is 0.148 e. The van der Waals surface area contributed by atoms with Gasteiger partial charge in [0, 0.05) is 6.42 Å². The SMILES string of the molecule is CCCCCCCCCCCCCCCCCCCC(=O)C(S)C(O)CO. The molecule has 0 spiro atoms. The molecule has 0 aliphatic rings. The van der Waals surface area contributed by atoms with Crippen LogP contribution in [-0.4, -0.2) is 34.0 Å². The molecule has 0 aliphatic heterocycles. The molecule has 0 saturated carbocycles. The highest BCUT2D eigenvalue weighted by Crippen LogP contribution is 2.15. The van der Waals surface area contributed by atoms with E-state index >= 15 is 0 Å². The molecule has 2 unspecified atom stereocenters. The van der Waals surface area contributed by atoms with Crippen molar-refractivity contribution in [1.82, 2.24) is 0 Å². The monoisotopic (exact) mass is 402 g/mol. The summed E-state index contributed by atoms with van der Waals surface area (Å²) >= 11 is 4.08. The third-order valence-corrected chi connectivity index (χ3v) is 6.04. The van der Waals surface area contributed by atoms with Crippen molar-refractivity contribution < 1.29 is 15.0 Å². The van der Waals surface area contributed by atoms with Crippen molar-refractivity contribution in [3.63, 3.8) is 0 Å². The van der Waals surface area contributed by atoms with E-state index in [0.717, 1.165) is 12.8 Å². The first-order valence-corrected chi connectivity index (χ1v) is 12.1. The lowest BCUT2D eigenvalue weighted by Gasteiger charge is -2.14. The molecule has 0 heterocycles. The predicted octanol–water partition coefficient (Wildman–Crippen LogP) is 6.25. The molecule has 2 N–H and O–H groups in total. The van der Waals surface area contributed by atoms with E-state index in [1.165, 1.54) is 96.3 Å². The summed E-state index contributed by atoms with van der Waals surface area (Å²) in [6, 6.07) is 0. The van der Waals surface area contributed by atoms with E-state index < -0.39 is 18.0 Å². The van der Waals surface area contributed by atoms with Crippen LogP contribution in [0.5, 0.6) is 0 Å². The Balaban J connectivity index is 3.20. The maximum absolute atomic E-state index is 11.8. The van der Waals surface area contributed by atoms with Crippen molar-refractivity contribution >= 4 is 18.4 Å². The highest BCUT2D eigenvalue weighted by atomic mass is 32.1. The van der Waals surface area contributed by atoms with Crippen LogP contribution in [0.1, 0.15) is 122 Å². The predicted molar refractivity (Wildman–Crippen MR) is 120 cm³/mol. The minimum Gasteiger partial charge on any atom is -0.394 e. The summed E-state index contributed by atoms with van der Waals surface area (Å²) in [6.45, 7) is 1.87. The van der Waals surface area contributed by atoms with Gasteiger partial charge in [-0.1, -0.05) is 110 Å². The van der Waals surface area contributed by atoms with E-state index in [-0.39, 0.29) is 5.78 Å². The van der Waals surface area contributed by atoms with Crippen LogP contribution < -0.4 is 0 Å². The molecule has 0 aromatic carbocycles. The molecule has 0 aromatic rings. The molecule has 4 heteroatoms. The molecule has 0 rings (SSSR count). The highest BCUT2D eigenvalue weighted by Gasteiger charge is 2.21. The Kier molecular flexibility index (Phi) is 20.6. The van der Waals surface area contributed by atoms with E-state index in [1.807, 2.05) is 0 Å². The van der Waals surface area contributed by atoms with Crippen molar-refractivity contribution in [3.8, 4) is 0 Å². The minimum atomic E-state index is -1.04. The molecule has 0 aliphatic carbocycles. The van der Waals surface area contributed by atoms with Crippen LogP contribution >= 0.6 is 12.6 Å². The third-order valence-electron chi connectivity index (χ3n) is 5.41. The number of rotatable bonds is 21. The lowest BCUT2D eigenvalue weighted by atomic mass is 10.0. The Hall–Kier alpha value is -0.0600. The van der Waals surface area contributed by atoms with Crippen molar-refractivity contribution in [2.24, 2.45) is 0 Å². The first kappa shape index (κ1) is 26.9. The minimum absolute atomic E-state index is 0.0548. The fourth-order valence-corrected chi connectivity index (χ4v) is 3.71. The second-order valence-electron chi connectivity index (χ2n) is 8.07. The van der Waals surface area contributed by atoms with Gasteiger partial charge >= 0.3 is 0 Å². The Morgan fingerprint density at radius 3 is 1.37 bits per heavy atom. The molecule has 0 fully saturated rings. The highest BCUT2D eigenvalue weighted by molar-refractivity contribution is 7.81. The lowest BCUT2D eigenvalue weighted by molar-refractivity contribution is -0.120. The van der Waals surface area contributed by atoms with Crippen LogP contribution in [0.25, 0.3) is 0 Å². The molecule has 0 saturated heterocycles. The van der Waals surface area contributed by atoms with Gasteiger partial charge in [0.15, 0.2) is 0 Å². The smallest absolute Gasteiger partial charge is 0.148 e. The van der Waals surface area contributed by atoms with Crippen LogP contribution in [0.4, 0.5) is 0 Å². The van der Waals surface area contributed by atoms with E-state index in [4.69, 9.17) is 5.11 Å². The molecule has 0 radical (unpaired) electrons. The van der Waals surface area contributed by atoms with Crippen molar-refractivity contribution in [2.45, 2.75) is 134 Å². The molecule has 27 heavy (non-hydrogen) atoms. The summed E-state index contributed by atoms with van der Waals surface area (Å²) in [5.41, 5.74) is 0. The zero-order valence-corrected chi connectivity index (χ0v) is 18.7. The number of Topliss-reactive ketones (excluding diaryl/α,β-unsaturated/α-hetero) is 1. The molecule has 0 bridgehead atoms. The second kappa shape index (κ2) is 20.7. The van der Waals surface area contributed by atoms with Gasteiger partial charge in [0.2, 0.25) is 0 Å². The fourth-order valence-electron chi connectivity index (χ4n) is 3.49. The van der Waals surface area contributed by atoms with Gasteiger partial charge in [-0.25, -0.2) is 0 Å². The Morgan fingerprint density at radius 2 is 1.04 bits per heavy atom. The van der Waals surface area contributed by atoms with Crippen LogP contribution in [0.2, 0.25) is 0 Å². The Labute approximate surface area is 174 Å². The molecular weight excluding hydrogens is 356 g/mol. The number of unbranched alkanes of at least 4 members (excludes halogenated alkanes) is 16. The number of aliphatic hydroxyl groups excluding tert-OH is 2. The number of ketones is 1. The summed E-state index contributed by atoms with van der Waals surface area (Å²) in [5, 5.41) is 17.5. The average molecular weight is 403 g/mol. The normalized spacial score (nSPS) is 13.6. The zero-order chi connectivity index (χ0) is 20.2. The van der Waals surface area contributed by atoms with Gasteiger partial charge in [0.1, 0.15) is 5.78 Å². The summed E-state index contributed by atoms with van der Waals surface area (Å²) in [6.07, 6.45) is 21.9. The molecular formula is C23H46O3S. The van der Waals surface area contributed by atoms with Crippen LogP contribution in [-0.2, 0) is 4.79 Å². The van der Waals surface area contributed by atoms with E-state index in [1.54, 1.807) is 0 Å². The topological polar surface area (TPSA) is 57.5 Å². The van der Waals surface area contributed by atoms with Gasteiger partial charge in [-0.05, 0) is 6.42 Å². The van der Waals surface area contributed by atoms with Gasteiger partial charge in [-0.15, -0.1) is 0 Å². The first-order chi connectivity index (χ1) is 13.1. The summed E-state index contributed by atoms with van der Waals surface area (Å²) in [5.74, 6) is -0.0548. The maximum atomic E-state index is 11.8. The molecule has 0 aromatic heterocycles. The van der Waals surface area contributed by atoms with Gasteiger partial charge in [0.05, 0.1) is 18.0 Å². The van der Waals surface area contributed by atoms with Crippen LogP contribution in [0, 0.1) is 0 Å². The van der Waals surface area contributed by atoms with Crippen molar-refractivity contribution in [1.29, 1.82) is 0 Å². The second-order valence-corrected chi connectivity index (χ2v) is 8.62. The quantitative estimate of drug-likeness (QED) is 0.157. The van der Waals surface area contributed by atoms with Crippen LogP contribution in [0.15, 0.2) is 0 Å².